The molecule has 0 saturated carbocycles. The topological polar surface area (TPSA) is 35.6 Å². The van der Waals surface area contributed by atoms with E-state index in [9.17, 15) is 4.79 Å². The molecule has 1 aliphatic rings. The van der Waals surface area contributed by atoms with Crippen molar-refractivity contribution in [3.8, 4) is 0 Å². The van der Waals surface area contributed by atoms with Gasteiger partial charge < -0.3 is 10.2 Å². The van der Waals surface area contributed by atoms with Crippen LogP contribution in [0.2, 0.25) is 0 Å². The number of amides is 1. The fourth-order valence-corrected chi connectivity index (χ4v) is 3.80. The normalized spacial score (nSPS) is 15.8. The van der Waals surface area contributed by atoms with E-state index in [1.807, 2.05) is 12.1 Å². The minimum atomic E-state index is -0.0291. The van der Waals surface area contributed by atoms with Crippen LogP contribution in [0, 0.1) is 0 Å². The van der Waals surface area contributed by atoms with E-state index < -0.39 is 0 Å². The van der Waals surface area contributed by atoms with Crippen molar-refractivity contribution < 1.29 is 4.79 Å². The van der Waals surface area contributed by atoms with Crippen LogP contribution < -0.4 is 5.32 Å². The number of likely N-dealkylation sites (tertiary alicyclic amines) is 1. The van der Waals surface area contributed by atoms with Crippen LogP contribution in [0.5, 0.6) is 0 Å². The average Bonchev–Trinajstić information content (AvgIpc) is 2.67. The van der Waals surface area contributed by atoms with Crippen LogP contribution in [0.25, 0.3) is 0 Å². The number of piperidine rings is 1. The first-order valence-corrected chi connectivity index (χ1v) is 9.93. The summed E-state index contributed by atoms with van der Waals surface area (Å²) in [5.74, 6) is -0.0291. The van der Waals surface area contributed by atoms with Gasteiger partial charge in [0.2, 0.25) is 5.91 Å². The number of hydrogen-bond acceptors (Lipinski definition) is 3. The van der Waals surface area contributed by atoms with Crippen molar-refractivity contribution in [2.45, 2.75) is 38.8 Å². The fraction of sp³-hybridized carbons (Fsp3) is 0.435. The summed E-state index contributed by atoms with van der Waals surface area (Å²) < 4.78 is 0. The van der Waals surface area contributed by atoms with Gasteiger partial charge in [-0.15, -0.1) is 0 Å². The molecule has 0 aromatic heterocycles. The Morgan fingerprint density at radius 1 is 1.04 bits per heavy atom. The van der Waals surface area contributed by atoms with Crippen molar-refractivity contribution in [3.63, 3.8) is 0 Å². The number of carbonyl (C=O) groups is 1. The zero-order valence-corrected chi connectivity index (χ0v) is 16.5. The highest BCUT2D eigenvalue weighted by atomic mass is 16.1. The van der Waals surface area contributed by atoms with Crippen molar-refractivity contribution in [2.75, 3.05) is 32.0 Å². The molecular weight excluding hydrogens is 334 g/mol. The van der Waals surface area contributed by atoms with Crippen molar-refractivity contribution in [3.05, 3.63) is 65.7 Å². The molecule has 0 spiro atoms. The highest BCUT2D eigenvalue weighted by Crippen LogP contribution is 2.20. The second-order valence-electron chi connectivity index (χ2n) is 7.62. The summed E-state index contributed by atoms with van der Waals surface area (Å²) in [6.45, 7) is 5.93. The summed E-state index contributed by atoms with van der Waals surface area (Å²) in [5, 5.41) is 2.84. The van der Waals surface area contributed by atoms with Gasteiger partial charge in [0, 0.05) is 31.7 Å². The maximum atomic E-state index is 11.2. The molecule has 1 heterocycles. The Labute approximate surface area is 163 Å². The first kappa shape index (κ1) is 19.6. The molecular formula is C23H31N3O. The van der Waals surface area contributed by atoms with Gasteiger partial charge in [-0.05, 0) is 62.7 Å². The molecule has 0 unspecified atom stereocenters. The Morgan fingerprint density at radius 3 is 2.33 bits per heavy atom. The molecule has 1 N–H and O–H groups in total. The van der Waals surface area contributed by atoms with Gasteiger partial charge in [0.15, 0.2) is 0 Å². The Hall–Kier alpha value is -2.17. The fourth-order valence-electron chi connectivity index (χ4n) is 3.80. The van der Waals surface area contributed by atoms with Gasteiger partial charge in [0.1, 0.15) is 0 Å². The van der Waals surface area contributed by atoms with E-state index in [1.54, 1.807) is 6.92 Å². The molecule has 1 fully saturated rings. The van der Waals surface area contributed by atoms with Gasteiger partial charge in [0.05, 0.1) is 0 Å². The van der Waals surface area contributed by atoms with Crippen LogP contribution in [-0.2, 0) is 17.8 Å². The minimum absolute atomic E-state index is 0.0291. The third-order valence-corrected chi connectivity index (χ3v) is 5.39. The number of carbonyl (C=O) groups excluding carboxylic acids is 1. The average molecular weight is 366 g/mol. The molecule has 4 heteroatoms. The van der Waals surface area contributed by atoms with Crippen LogP contribution in [-0.4, -0.2) is 48.4 Å². The number of hydrogen-bond donors (Lipinski definition) is 1. The highest BCUT2D eigenvalue weighted by molar-refractivity contribution is 5.88. The van der Waals surface area contributed by atoms with Crippen LogP contribution in [0.4, 0.5) is 5.69 Å². The van der Waals surface area contributed by atoms with E-state index in [0.717, 1.165) is 25.2 Å². The first-order valence-electron chi connectivity index (χ1n) is 9.93. The van der Waals surface area contributed by atoms with Crippen molar-refractivity contribution >= 4 is 11.6 Å². The number of anilines is 1. The molecule has 1 saturated heterocycles. The molecule has 0 bridgehead atoms. The van der Waals surface area contributed by atoms with Gasteiger partial charge in [-0.1, -0.05) is 42.5 Å². The second kappa shape index (κ2) is 9.67. The zero-order valence-electron chi connectivity index (χ0n) is 16.5. The standard InChI is InChI=1S/C23H31N3O/c1-19(27)24-22-10-8-21(9-11-22)18-26(23-13-15-25(2)16-14-23)17-12-20-6-4-3-5-7-20/h3-11,23H,12-18H2,1-2H3,(H,24,27). The monoisotopic (exact) mass is 365 g/mol. The Kier molecular flexibility index (Phi) is 7.02. The van der Waals surface area contributed by atoms with E-state index in [1.165, 1.54) is 37.1 Å². The first-order chi connectivity index (χ1) is 13.1. The summed E-state index contributed by atoms with van der Waals surface area (Å²) in [4.78, 5) is 16.3. The molecule has 0 aliphatic carbocycles. The molecule has 1 aliphatic heterocycles. The Bertz CT molecular complexity index is 706. The zero-order chi connectivity index (χ0) is 19.1. The van der Waals surface area contributed by atoms with E-state index >= 15 is 0 Å². The molecule has 0 radical (unpaired) electrons. The molecule has 2 aromatic carbocycles. The predicted molar refractivity (Wildman–Crippen MR) is 112 cm³/mol. The molecule has 27 heavy (non-hydrogen) atoms. The van der Waals surface area contributed by atoms with E-state index in [-0.39, 0.29) is 5.91 Å². The third-order valence-electron chi connectivity index (χ3n) is 5.39. The van der Waals surface area contributed by atoms with Crippen LogP contribution >= 0.6 is 0 Å². The van der Waals surface area contributed by atoms with Crippen LogP contribution in [0.1, 0.15) is 30.9 Å². The van der Waals surface area contributed by atoms with Crippen molar-refractivity contribution in [1.82, 2.24) is 9.80 Å². The molecule has 144 valence electrons. The van der Waals surface area contributed by atoms with Crippen molar-refractivity contribution in [2.24, 2.45) is 0 Å². The summed E-state index contributed by atoms with van der Waals surface area (Å²) in [5.41, 5.74) is 3.56. The van der Waals surface area contributed by atoms with Crippen molar-refractivity contribution in [1.29, 1.82) is 0 Å². The lowest BCUT2D eigenvalue weighted by molar-refractivity contribution is -0.114. The van der Waals surface area contributed by atoms with Gasteiger partial charge in [-0.3, -0.25) is 9.69 Å². The summed E-state index contributed by atoms with van der Waals surface area (Å²) in [7, 11) is 2.21. The Morgan fingerprint density at radius 2 is 1.70 bits per heavy atom. The van der Waals surface area contributed by atoms with Gasteiger partial charge in [0.25, 0.3) is 0 Å². The second-order valence-corrected chi connectivity index (χ2v) is 7.62. The largest absolute Gasteiger partial charge is 0.326 e. The molecule has 4 nitrogen and oxygen atoms in total. The van der Waals surface area contributed by atoms with Gasteiger partial charge >= 0.3 is 0 Å². The maximum absolute atomic E-state index is 11.2. The molecule has 1 amide bonds. The van der Waals surface area contributed by atoms with Crippen LogP contribution in [0.3, 0.4) is 0 Å². The quantitative estimate of drug-likeness (QED) is 0.811. The Balaban J connectivity index is 1.66. The van der Waals surface area contributed by atoms with Gasteiger partial charge in [-0.2, -0.15) is 0 Å². The molecule has 2 aromatic rings. The number of nitrogens with one attached hydrogen (secondary N) is 1. The van der Waals surface area contributed by atoms with E-state index in [2.05, 4.69) is 64.6 Å². The lowest BCUT2D eigenvalue weighted by Crippen LogP contribution is -2.44. The van der Waals surface area contributed by atoms with Crippen LogP contribution in [0.15, 0.2) is 54.6 Å². The predicted octanol–water partition coefficient (Wildman–Crippen LogP) is 3.78. The lowest BCUT2D eigenvalue weighted by Gasteiger charge is -2.37. The minimum Gasteiger partial charge on any atom is -0.326 e. The number of nitrogens with zero attached hydrogens (tertiary/aromatic N) is 2. The smallest absolute Gasteiger partial charge is 0.221 e. The number of benzene rings is 2. The SMILES string of the molecule is CC(=O)Nc1ccc(CN(CCc2ccccc2)C2CCN(C)CC2)cc1. The summed E-state index contributed by atoms with van der Waals surface area (Å²) >= 11 is 0. The molecule has 3 rings (SSSR count). The highest BCUT2D eigenvalue weighted by Gasteiger charge is 2.23. The summed E-state index contributed by atoms with van der Waals surface area (Å²) in [6, 6.07) is 19.7. The van der Waals surface area contributed by atoms with E-state index in [0.29, 0.717) is 6.04 Å². The maximum Gasteiger partial charge on any atom is 0.221 e. The van der Waals surface area contributed by atoms with E-state index in [4.69, 9.17) is 0 Å². The lowest BCUT2D eigenvalue weighted by atomic mass is 10.0. The van der Waals surface area contributed by atoms with Gasteiger partial charge in [-0.25, -0.2) is 0 Å². The third kappa shape index (κ3) is 6.19. The number of rotatable bonds is 7. The summed E-state index contributed by atoms with van der Waals surface area (Å²) in [6.07, 6.45) is 3.54. The molecule has 0 atom stereocenters.